The lowest BCUT2D eigenvalue weighted by molar-refractivity contribution is -0.245. The molecular weight excluding hydrogens is 703 g/mol. The van der Waals surface area contributed by atoms with Crippen LogP contribution < -0.4 is 16.4 Å². The van der Waals surface area contributed by atoms with Gasteiger partial charge in [-0.2, -0.15) is 0 Å². The number of carboxylic acid groups (broad SMARTS) is 1. The molecule has 1 heterocycles. The minimum atomic E-state index is -0.956. The summed E-state index contributed by atoms with van der Waals surface area (Å²) in [7, 11) is 0. The molecule has 2 amide bonds. The number of nitrogens with one attached hydrogen (secondary N) is 2. The van der Waals surface area contributed by atoms with Crippen LogP contribution in [0.25, 0.3) is 11.1 Å². The normalized spacial score (nSPS) is 16.7. The van der Waals surface area contributed by atoms with Crippen molar-refractivity contribution in [2.24, 2.45) is 0 Å². The number of nitrogens with two attached hydrogens (primary N) is 1. The van der Waals surface area contributed by atoms with Crippen LogP contribution in [0.2, 0.25) is 0 Å². The van der Waals surface area contributed by atoms with Crippen LogP contribution in [0.15, 0.2) is 126 Å². The number of aliphatic hydroxyl groups is 1. The van der Waals surface area contributed by atoms with E-state index in [1.165, 1.54) is 0 Å². The molecule has 0 aliphatic carbocycles. The third-order valence-electron chi connectivity index (χ3n) is 9.13. The zero-order valence-corrected chi connectivity index (χ0v) is 30.5. The predicted octanol–water partition coefficient (Wildman–Crippen LogP) is 7.89. The molecule has 10 nitrogen and oxygen atoms in total. The Kier molecular flexibility index (Phi) is 13.1. The van der Waals surface area contributed by atoms with Gasteiger partial charge in [0.2, 0.25) is 11.8 Å². The van der Waals surface area contributed by atoms with Crippen LogP contribution in [-0.2, 0) is 32.2 Å². The molecule has 278 valence electrons. The van der Waals surface area contributed by atoms with E-state index in [2.05, 4.69) is 10.6 Å². The average Bonchev–Trinajstić information content (AvgIpc) is 3.20. The SMILES string of the molecule is Nc1ccccc1NC(=O)CCCC(=O)NCc1cccc(-c2ccc([C@@H]3O[C@H](CSc4ccc(C(=O)O)cc4)C[C@H](c4ccc(CO)cc4)O3)cc2)c1. The van der Waals surface area contributed by atoms with Crippen molar-refractivity contribution >= 4 is 40.9 Å². The first-order valence-electron chi connectivity index (χ1n) is 17.8. The fraction of sp³-hybridized carbons (Fsp3) is 0.233. The van der Waals surface area contributed by atoms with Crippen LogP contribution in [0.1, 0.15) is 70.7 Å². The molecule has 1 aliphatic rings. The number of nitrogen functional groups attached to an aromatic ring is 1. The highest BCUT2D eigenvalue weighted by atomic mass is 32.2. The Labute approximate surface area is 318 Å². The summed E-state index contributed by atoms with van der Waals surface area (Å²) in [6.07, 6.45) is 0.520. The Balaban J connectivity index is 1.05. The second-order valence-corrected chi connectivity index (χ2v) is 14.2. The van der Waals surface area contributed by atoms with Gasteiger partial charge in [0, 0.05) is 42.0 Å². The minimum absolute atomic E-state index is 0.0324. The number of carboxylic acids is 1. The van der Waals surface area contributed by atoms with Crippen molar-refractivity contribution in [3.05, 3.63) is 149 Å². The number of thioether (sulfide) groups is 1. The number of aliphatic hydroxyl groups excluding tert-OH is 1. The summed E-state index contributed by atoms with van der Waals surface area (Å²) in [6.45, 7) is 0.334. The number of rotatable bonds is 15. The van der Waals surface area contributed by atoms with Gasteiger partial charge in [0.15, 0.2) is 6.29 Å². The van der Waals surface area contributed by atoms with E-state index < -0.39 is 12.3 Å². The monoisotopic (exact) mass is 745 g/mol. The van der Waals surface area contributed by atoms with E-state index in [9.17, 15) is 24.6 Å². The largest absolute Gasteiger partial charge is 0.478 e. The number of carbonyl (C=O) groups excluding carboxylic acids is 2. The van der Waals surface area contributed by atoms with E-state index >= 15 is 0 Å². The summed E-state index contributed by atoms with van der Waals surface area (Å²) in [5.41, 5.74) is 12.9. The van der Waals surface area contributed by atoms with Gasteiger partial charge < -0.3 is 36.1 Å². The summed E-state index contributed by atoms with van der Waals surface area (Å²) >= 11 is 1.61. The Morgan fingerprint density at radius 1 is 0.759 bits per heavy atom. The van der Waals surface area contributed by atoms with E-state index in [-0.39, 0.29) is 49.0 Å². The number of carbonyl (C=O) groups is 3. The summed E-state index contributed by atoms with van der Waals surface area (Å²) in [6, 6.07) is 37.7. The van der Waals surface area contributed by atoms with Gasteiger partial charge in [0.05, 0.1) is 35.8 Å². The first kappa shape index (κ1) is 38.3. The van der Waals surface area contributed by atoms with Crippen molar-refractivity contribution in [2.45, 2.75) is 62.2 Å². The maximum absolute atomic E-state index is 12.5. The number of amides is 2. The number of hydrogen-bond donors (Lipinski definition) is 5. The Morgan fingerprint density at radius 3 is 2.20 bits per heavy atom. The van der Waals surface area contributed by atoms with Gasteiger partial charge in [0.1, 0.15) is 0 Å². The van der Waals surface area contributed by atoms with Gasteiger partial charge in [-0.3, -0.25) is 9.59 Å². The molecule has 0 aromatic heterocycles. The zero-order valence-electron chi connectivity index (χ0n) is 29.7. The summed E-state index contributed by atoms with van der Waals surface area (Å²) in [5, 5.41) is 24.5. The maximum atomic E-state index is 12.5. The topological polar surface area (TPSA) is 160 Å². The van der Waals surface area contributed by atoms with E-state index in [0.29, 0.717) is 36.5 Å². The molecule has 11 heteroatoms. The first-order chi connectivity index (χ1) is 26.2. The smallest absolute Gasteiger partial charge is 0.335 e. The standard InChI is InChI=1S/C43H43N3O7S/c44-37-7-1-2-8-38(37)46-41(49)10-4-9-40(48)45-25-29-5-3-6-34(23-29)30-15-17-33(18-16-30)43-52-35(27-54-36-21-19-32(20-22-36)42(50)51)24-39(53-43)31-13-11-28(26-47)12-14-31/h1-3,5-8,11-23,35,39,43,47H,4,9-10,24-27,44H2,(H,45,48)(H,46,49)(H,50,51)/t35-,39+,43+/m0/s1. The van der Waals surface area contributed by atoms with Crippen molar-refractivity contribution in [2.75, 3.05) is 16.8 Å². The number of hydrogen-bond acceptors (Lipinski definition) is 8. The van der Waals surface area contributed by atoms with Crippen molar-refractivity contribution in [1.29, 1.82) is 0 Å². The zero-order chi connectivity index (χ0) is 37.9. The Bertz CT molecular complexity index is 2040. The second kappa shape index (κ2) is 18.5. The van der Waals surface area contributed by atoms with Crippen LogP contribution in [0.4, 0.5) is 11.4 Å². The number of anilines is 2. The molecule has 0 radical (unpaired) electrons. The number of para-hydroxylation sites is 2. The molecule has 0 spiro atoms. The second-order valence-electron chi connectivity index (χ2n) is 13.1. The van der Waals surface area contributed by atoms with Crippen LogP contribution in [0, 0.1) is 0 Å². The van der Waals surface area contributed by atoms with Crippen LogP contribution in [0.3, 0.4) is 0 Å². The highest BCUT2D eigenvalue weighted by Crippen LogP contribution is 2.40. The summed E-state index contributed by atoms with van der Waals surface area (Å²) in [5.74, 6) is -0.616. The van der Waals surface area contributed by atoms with Crippen molar-refractivity contribution < 1.29 is 34.1 Å². The van der Waals surface area contributed by atoms with Crippen molar-refractivity contribution in [3.8, 4) is 11.1 Å². The summed E-state index contributed by atoms with van der Waals surface area (Å²) < 4.78 is 13.0. The molecule has 5 aromatic rings. The molecule has 6 rings (SSSR count). The Morgan fingerprint density at radius 2 is 1.48 bits per heavy atom. The van der Waals surface area contributed by atoms with E-state index in [0.717, 1.165) is 38.3 Å². The number of benzene rings is 5. The van der Waals surface area contributed by atoms with E-state index in [4.69, 9.17) is 15.2 Å². The molecule has 0 bridgehead atoms. The van der Waals surface area contributed by atoms with E-state index in [1.54, 1.807) is 48.2 Å². The molecule has 0 saturated carbocycles. The fourth-order valence-electron chi connectivity index (χ4n) is 6.12. The van der Waals surface area contributed by atoms with Crippen LogP contribution >= 0.6 is 11.8 Å². The molecule has 1 aliphatic heterocycles. The molecule has 54 heavy (non-hydrogen) atoms. The molecule has 6 N–H and O–H groups in total. The van der Waals surface area contributed by atoms with Crippen LogP contribution in [0.5, 0.6) is 0 Å². The van der Waals surface area contributed by atoms with E-state index in [1.807, 2.05) is 84.9 Å². The summed E-state index contributed by atoms with van der Waals surface area (Å²) in [4.78, 5) is 37.1. The lowest BCUT2D eigenvalue weighted by Crippen LogP contribution is -2.31. The lowest BCUT2D eigenvalue weighted by Gasteiger charge is -2.36. The predicted molar refractivity (Wildman–Crippen MR) is 210 cm³/mol. The number of aromatic carboxylic acids is 1. The minimum Gasteiger partial charge on any atom is -0.478 e. The van der Waals surface area contributed by atoms with Gasteiger partial charge in [-0.1, -0.05) is 78.9 Å². The molecule has 5 aromatic carbocycles. The van der Waals surface area contributed by atoms with Gasteiger partial charge >= 0.3 is 5.97 Å². The molecule has 0 unspecified atom stereocenters. The van der Waals surface area contributed by atoms with Gasteiger partial charge in [-0.15, -0.1) is 11.8 Å². The first-order valence-corrected chi connectivity index (χ1v) is 18.8. The fourth-order valence-corrected chi connectivity index (χ4v) is 7.04. The van der Waals surface area contributed by atoms with Crippen molar-refractivity contribution in [3.63, 3.8) is 0 Å². The van der Waals surface area contributed by atoms with Crippen LogP contribution in [-0.4, -0.2) is 39.9 Å². The third-order valence-corrected chi connectivity index (χ3v) is 10.3. The molecule has 1 fully saturated rings. The number of ether oxygens (including phenoxy) is 2. The lowest BCUT2D eigenvalue weighted by atomic mass is 9.99. The third kappa shape index (κ3) is 10.6. The van der Waals surface area contributed by atoms with Gasteiger partial charge in [-0.25, -0.2) is 4.79 Å². The molecular formula is C43H43N3O7S. The van der Waals surface area contributed by atoms with Gasteiger partial charge in [0.25, 0.3) is 0 Å². The quantitative estimate of drug-likeness (QED) is 0.0531. The highest BCUT2D eigenvalue weighted by Gasteiger charge is 2.32. The molecule has 1 saturated heterocycles. The van der Waals surface area contributed by atoms with Gasteiger partial charge in [-0.05, 0) is 76.7 Å². The Hall–Kier alpha value is -5.46. The maximum Gasteiger partial charge on any atom is 0.335 e. The average molecular weight is 746 g/mol. The molecule has 3 atom stereocenters. The highest BCUT2D eigenvalue weighted by molar-refractivity contribution is 7.99. The van der Waals surface area contributed by atoms with Crippen molar-refractivity contribution in [1.82, 2.24) is 5.32 Å².